The van der Waals surface area contributed by atoms with Crippen molar-refractivity contribution in [3.8, 4) is 69.9 Å². The van der Waals surface area contributed by atoms with Crippen LogP contribution in [0.4, 0.5) is 0 Å². The molecule has 0 amide bonds. The van der Waals surface area contributed by atoms with Gasteiger partial charge >= 0.3 is 0 Å². The SMILES string of the molecule is CC(=O)C=C(C)O.CC(=O)C=C(C)O.CC(=O)C=C(C)O.Oc1cccc2cccnc12.[Ir].[Ir].[Ir].[Ir].[Ir].[Ir].[c-]1ccccc1-c1cc2ccccc2cn1.[c-]1ccccc1-c1ccc2ccccc2n1.[c-]1ccccc1-c1nc2ccccc2s1.[c-]1ccccc1-c1nc2ccccc2s1.[c-]1ccsc1-c1ccccn1.[c-]1ccsc1-c1nc2ccccc2s1. The number of rotatable bonds is 9. The van der Waals surface area contributed by atoms with Crippen molar-refractivity contribution >= 4 is 137 Å². The Labute approximate surface area is 828 Å². The molecule has 0 saturated carbocycles. The van der Waals surface area contributed by atoms with Crippen molar-refractivity contribution in [1.82, 2.24) is 34.9 Å². The van der Waals surface area contributed by atoms with Crippen molar-refractivity contribution in [2.75, 3.05) is 0 Å². The maximum atomic E-state index is 10.0. The van der Waals surface area contributed by atoms with Gasteiger partial charge in [-0.2, -0.15) is 58.3 Å². The van der Waals surface area contributed by atoms with E-state index in [1.165, 1.54) is 90.0 Å². The number of hydrogen-bond acceptors (Lipinski definition) is 19. The minimum atomic E-state index is -0.125. The first kappa shape index (κ1) is 107. The van der Waals surface area contributed by atoms with Crippen LogP contribution in [0, 0.1) is 36.4 Å². The van der Waals surface area contributed by atoms with E-state index < -0.39 is 0 Å². The Bertz CT molecular complexity index is 6070. The van der Waals surface area contributed by atoms with Crippen molar-refractivity contribution in [3.63, 3.8) is 0 Å². The van der Waals surface area contributed by atoms with Crippen molar-refractivity contribution in [1.29, 1.82) is 0 Å². The number of pyridine rings is 4. The van der Waals surface area contributed by atoms with Crippen LogP contribution in [0.1, 0.15) is 41.5 Å². The number of benzene rings is 10. The summed E-state index contributed by atoms with van der Waals surface area (Å²) in [5, 5.41) is 46.1. The molecule has 646 valence electrons. The predicted molar refractivity (Wildman–Crippen MR) is 493 cm³/mol. The molecular weight excluding hydrogens is 2720 g/mol. The Morgan fingerprint density at radius 1 is 0.312 bits per heavy atom. The summed E-state index contributed by atoms with van der Waals surface area (Å²) < 4.78 is 3.69. The van der Waals surface area contributed by atoms with Gasteiger partial charge in [0.15, 0.2) is 17.3 Å². The summed E-state index contributed by atoms with van der Waals surface area (Å²) in [4.78, 5) is 63.3. The Morgan fingerprint density at radius 3 is 1.13 bits per heavy atom. The molecule has 25 heteroatoms. The van der Waals surface area contributed by atoms with Crippen LogP contribution in [0.3, 0.4) is 0 Å². The topological polar surface area (TPSA) is 222 Å². The summed E-state index contributed by atoms with van der Waals surface area (Å²) >= 11 is 8.48. The smallest absolute Gasteiger partial charge is 0.155 e. The molecule has 0 fully saturated rings. The summed E-state index contributed by atoms with van der Waals surface area (Å²) in [6, 6.07) is 117. The fourth-order valence-corrected chi connectivity index (χ4v) is 15.0. The standard InChI is InChI=1S/2C15H10N.2C13H8NS.C11H6NS2.C9H7NO.C9H6NS.3C5H8O2.6Ir/c1-2-6-12(7-3-1)15-10-13-8-4-5-9-14(13)11-16-15;1-2-6-12(7-3-1)15-11-10-13-8-4-5-9-14(13)16-15;2*1-2-6-10(7-3-1)13-14-11-8-4-5-9-12(11)15-13;1-2-5-9-8(4-1)12-11(14-9)10-6-3-7-13-10;11-8-5-1-3-7-4-2-6-10-9(7)8;1-2-6-10-8(4-1)9-5-3-7-11-9;3*1-4(6)3-5(2)7;;;;;;/h2*1-6,8-11H;2*1-6,8-9H;1-5,7H;1-6,11H;1-4,6-7H;3*3,6H,1-2H3;;;;;;/q5*-1;;-1;;;;;;;;;. The van der Waals surface area contributed by atoms with E-state index in [0.717, 1.165) is 91.6 Å². The molecule has 0 unspecified atom stereocenters. The first-order valence-electron chi connectivity index (χ1n) is 37.0. The molecule has 0 spiro atoms. The number of aromatic nitrogens is 7. The van der Waals surface area contributed by atoms with E-state index in [1.54, 1.807) is 81.2 Å². The Morgan fingerprint density at radius 2 is 0.704 bits per heavy atom. The minimum absolute atomic E-state index is 0. The molecular formula is C100H79Ir6N7O7S5-6. The van der Waals surface area contributed by atoms with Gasteiger partial charge in [-0.3, -0.25) is 39.3 Å². The van der Waals surface area contributed by atoms with E-state index in [0.29, 0.717) is 5.52 Å². The van der Waals surface area contributed by atoms with Crippen molar-refractivity contribution in [2.24, 2.45) is 0 Å². The maximum absolute atomic E-state index is 10.0. The average molecular weight is 2800 g/mol. The molecule has 125 heavy (non-hydrogen) atoms. The van der Waals surface area contributed by atoms with Crippen LogP contribution >= 0.6 is 56.7 Å². The number of carbonyl (C=O) groups is 3. The number of aliphatic hydroxyl groups is 3. The Kier molecular flexibility index (Phi) is 50.0. The van der Waals surface area contributed by atoms with Gasteiger partial charge in [-0.25, -0.2) is 22.7 Å². The molecule has 0 saturated heterocycles. The third-order valence-corrected chi connectivity index (χ3v) is 20.8. The van der Waals surface area contributed by atoms with Gasteiger partial charge in [0.25, 0.3) is 0 Å². The molecule has 4 N–H and O–H groups in total. The van der Waals surface area contributed by atoms with E-state index in [1.807, 2.05) is 254 Å². The Hall–Kier alpha value is -10.0. The normalized spacial score (nSPS) is 10.1. The fraction of sp³-hybridized carbons (Fsp3) is 0.0600. The molecule has 19 aromatic rings. The average Bonchev–Trinajstić information content (AvgIpc) is 1.80. The van der Waals surface area contributed by atoms with Gasteiger partial charge in [-0.15, -0.1) is 154 Å². The second-order valence-corrected chi connectivity index (χ2v) is 30.3. The second kappa shape index (κ2) is 58.3. The molecule has 0 aliphatic carbocycles. The van der Waals surface area contributed by atoms with Crippen LogP contribution < -0.4 is 0 Å². The molecule has 0 atom stereocenters. The number of allylic oxidation sites excluding steroid dienone is 6. The summed E-state index contributed by atoms with van der Waals surface area (Å²) in [6.07, 6.45) is 8.87. The maximum Gasteiger partial charge on any atom is 0.155 e. The van der Waals surface area contributed by atoms with Gasteiger partial charge in [0.05, 0.1) is 39.3 Å². The number of aliphatic hydroxyl groups excluding tert-OH is 3. The number of phenols is 1. The van der Waals surface area contributed by atoms with E-state index in [4.69, 9.17) is 15.3 Å². The fourth-order valence-electron chi connectivity index (χ4n) is 10.8. The van der Waals surface area contributed by atoms with Crippen LogP contribution in [0.5, 0.6) is 5.75 Å². The van der Waals surface area contributed by atoms with Crippen LogP contribution in [-0.2, 0) is 135 Å². The van der Waals surface area contributed by atoms with Crippen molar-refractivity contribution in [3.05, 3.63) is 399 Å². The van der Waals surface area contributed by atoms with E-state index >= 15 is 0 Å². The predicted octanol–water partition coefficient (Wildman–Crippen LogP) is 26.4. The van der Waals surface area contributed by atoms with Gasteiger partial charge in [-0.05, 0) is 135 Å². The second-order valence-electron chi connectivity index (χ2n) is 25.4. The molecule has 10 aromatic carbocycles. The third kappa shape index (κ3) is 36.5. The van der Waals surface area contributed by atoms with Crippen LogP contribution in [0.25, 0.3) is 127 Å². The number of hydrogen-bond donors (Lipinski definition) is 4. The molecule has 14 nitrogen and oxygen atoms in total. The number of thiazole rings is 3. The number of carbonyl (C=O) groups excluding carboxylic acids is 3. The quantitative estimate of drug-likeness (QED) is 0.0600. The van der Waals surface area contributed by atoms with Gasteiger partial charge in [0.1, 0.15) is 11.3 Å². The van der Waals surface area contributed by atoms with Gasteiger partial charge < -0.3 is 30.4 Å². The molecule has 0 bridgehead atoms. The molecule has 9 heterocycles. The summed E-state index contributed by atoms with van der Waals surface area (Å²) in [7, 11) is 0. The monoisotopic (exact) mass is 2810 g/mol. The molecule has 0 aliphatic heterocycles. The van der Waals surface area contributed by atoms with Gasteiger partial charge in [-0.1, -0.05) is 137 Å². The Balaban J connectivity index is 0.000000294. The summed E-state index contributed by atoms with van der Waals surface area (Å²) in [5.74, 6) is 0.0515. The van der Waals surface area contributed by atoms with Crippen molar-refractivity contribution < 1.29 is 155 Å². The zero-order valence-corrected chi connectivity index (χ0v) is 86.0. The first-order chi connectivity index (χ1) is 57.9. The van der Waals surface area contributed by atoms with E-state index in [-0.39, 0.29) is 161 Å². The largest absolute Gasteiger partial charge is 0.512 e. The molecule has 6 radical (unpaired) electrons. The zero-order chi connectivity index (χ0) is 83.9. The molecule has 19 rings (SSSR count). The van der Waals surface area contributed by atoms with E-state index in [9.17, 15) is 19.5 Å². The van der Waals surface area contributed by atoms with Crippen LogP contribution in [0.2, 0.25) is 0 Å². The summed E-state index contributed by atoms with van der Waals surface area (Å²) in [5.41, 5.74) is 12.0. The third-order valence-electron chi connectivity index (χ3n) is 15.8. The van der Waals surface area contributed by atoms with E-state index in [2.05, 4.69) is 120 Å². The van der Waals surface area contributed by atoms with Crippen LogP contribution in [0.15, 0.2) is 362 Å². The number of thiophene rings is 2. The van der Waals surface area contributed by atoms with Crippen molar-refractivity contribution in [2.45, 2.75) is 41.5 Å². The van der Waals surface area contributed by atoms with Gasteiger partial charge in [0.2, 0.25) is 0 Å². The number of ketones is 3. The first-order valence-corrected chi connectivity index (χ1v) is 41.2. The molecule has 0 aliphatic rings. The van der Waals surface area contributed by atoms with Crippen LogP contribution in [-0.4, -0.2) is 72.7 Å². The number of phenolic OH excluding ortho intramolecular Hbond substituents is 1. The number of nitrogens with zero attached hydrogens (tertiary/aromatic N) is 7. The zero-order valence-electron chi connectivity index (χ0n) is 67.6. The van der Waals surface area contributed by atoms with Gasteiger partial charge in [0, 0.05) is 192 Å². The minimum Gasteiger partial charge on any atom is -0.512 e. The molecule has 9 aromatic heterocycles. The number of aromatic hydroxyl groups is 1. The summed E-state index contributed by atoms with van der Waals surface area (Å²) in [6.45, 7) is 8.54. The number of fused-ring (bicyclic) bond motifs is 6. The number of para-hydroxylation sites is 5.